The van der Waals surface area contributed by atoms with Crippen molar-refractivity contribution >= 4 is 39.9 Å². The number of aliphatic hydroxyl groups is 1. The van der Waals surface area contributed by atoms with Crippen LogP contribution in [0.4, 0.5) is 5.13 Å². The van der Waals surface area contributed by atoms with E-state index in [0.29, 0.717) is 41.7 Å². The fourth-order valence-corrected chi connectivity index (χ4v) is 5.28. The van der Waals surface area contributed by atoms with Crippen molar-refractivity contribution in [1.29, 1.82) is 0 Å². The number of ether oxygens (including phenoxy) is 4. The fourth-order valence-electron chi connectivity index (χ4n) is 4.27. The van der Waals surface area contributed by atoms with Crippen molar-refractivity contribution in [2.45, 2.75) is 13.0 Å². The molecule has 3 aromatic rings. The summed E-state index contributed by atoms with van der Waals surface area (Å²) in [4.78, 5) is 44.8. The number of Topliss-reactive ketones (excluding diaryl/α,β-unsaturated/α-hetero) is 1. The van der Waals surface area contributed by atoms with Crippen molar-refractivity contribution in [2.75, 3.05) is 32.3 Å². The van der Waals surface area contributed by atoms with Gasteiger partial charge in [0.2, 0.25) is 0 Å². The topological polar surface area (TPSA) is 124 Å². The van der Waals surface area contributed by atoms with Crippen molar-refractivity contribution in [3.8, 4) is 17.2 Å². The molecule has 37 heavy (non-hydrogen) atoms. The van der Waals surface area contributed by atoms with Gasteiger partial charge in [0.25, 0.3) is 5.78 Å². The Kier molecular flexibility index (Phi) is 6.30. The standard InChI is InChI=1S/C26H22N2O8S/c1-13-23(25(32)34-3)37-26(27-13)28-20(14-5-4-6-16(11-14)33-2)19(22(30)24(28)31)21(29)15-7-8-17-18(12-15)36-10-9-35-17/h4-8,11-12,20,29H,9-10H2,1-3H3. The Bertz CT molecular complexity index is 1460. The molecule has 0 aliphatic carbocycles. The molecule has 0 saturated carbocycles. The number of rotatable bonds is 5. The smallest absolute Gasteiger partial charge is 0.350 e. The number of fused-ring (bicyclic) bond motifs is 1. The van der Waals surface area contributed by atoms with Crippen LogP contribution in [0.3, 0.4) is 0 Å². The molecule has 2 aliphatic rings. The van der Waals surface area contributed by atoms with E-state index in [2.05, 4.69) is 4.98 Å². The molecule has 1 N–H and O–H groups in total. The number of nitrogens with zero attached hydrogens (tertiary/aromatic N) is 2. The van der Waals surface area contributed by atoms with E-state index in [9.17, 15) is 19.5 Å². The minimum Gasteiger partial charge on any atom is -0.507 e. The van der Waals surface area contributed by atoms with E-state index in [4.69, 9.17) is 18.9 Å². The average molecular weight is 523 g/mol. The van der Waals surface area contributed by atoms with Gasteiger partial charge in [-0.3, -0.25) is 14.5 Å². The summed E-state index contributed by atoms with van der Waals surface area (Å²) in [7, 11) is 2.75. The summed E-state index contributed by atoms with van der Waals surface area (Å²) in [5.74, 6) is -1.35. The van der Waals surface area contributed by atoms with Gasteiger partial charge in [0, 0.05) is 5.56 Å². The van der Waals surface area contributed by atoms with E-state index in [1.54, 1.807) is 49.4 Å². The van der Waals surface area contributed by atoms with E-state index in [0.717, 1.165) is 11.3 Å². The molecule has 5 rings (SSSR count). The lowest BCUT2D eigenvalue weighted by atomic mass is 9.95. The molecule has 1 amide bonds. The summed E-state index contributed by atoms with van der Waals surface area (Å²) in [6.45, 7) is 2.36. The second-order valence-electron chi connectivity index (χ2n) is 8.21. The van der Waals surface area contributed by atoms with Crippen LogP contribution in [-0.2, 0) is 14.3 Å². The van der Waals surface area contributed by atoms with E-state index < -0.39 is 23.7 Å². The molecule has 0 bridgehead atoms. The number of thiazole rings is 1. The normalized spacial score (nSPS) is 18.1. The third kappa shape index (κ3) is 4.16. The quantitative estimate of drug-likeness (QED) is 0.231. The van der Waals surface area contributed by atoms with E-state index >= 15 is 0 Å². The summed E-state index contributed by atoms with van der Waals surface area (Å²) in [6.07, 6.45) is 0. The lowest BCUT2D eigenvalue weighted by Crippen LogP contribution is -2.29. The number of ketones is 1. The molecular formula is C26H22N2O8S. The van der Waals surface area contributed by atoms with Gasteiger partial charge in [0.15, 0.2) is 16.6 Å². The van der Waals surface area contributed by atoms with Gasteiger partial charge in [0.1, 0.15) is 29.6 Å². The maximum atomic E-state index is 13.4. The van der Waals surface area contributed by atoms with Gasteiger partial charge in [-0.05, 0) is 42.8 Å². The Morgan fingerprint density at radius 2 is 1.86 bits per heavy atom. The number of aromatic nitrogens is 1. The Balaban J connectivity index is 1.70. The first-order chi connectivity index (χ1) is 17.8. The highest BCUT2D eigenvalue weighted by Gasteiger charge is 2.48. The van der Waals surface area contributed by atoms with Crippen molar-refractivity contribution in [3.05, 3.63) is 69.7 Å². The average Bonchev–Trinajstić information content (AvgIpc) is 3.43. The first-order valence-electron chi connectivity index (χ1n) is 11.2. The second kappa shape index (κ2) is 9.58. The van der Waals surface area contributed by atoms with Gasteiger partial charge >= 0.3 is 11.9 Å². The zero-order valence-corrected chi connectivity index (χ0v) is 21.0. The fraction of sp³-hybridized carbons (Fsp3) is 0.231. The van der Waals surface area contributed by atoms with Crippen LogP contribution in [0, 0.1) is 6.92 Å². The van der Waals surface area contributed by atoms with Gasteiger partial charge in [-0.1, -0.05) is 23.5 Å². The van der Waals surface area contributed by atoms with Crippen LogP contribution < -0.4 is 19.1 Å². The Morgan fingerprint density at radius 1 is 1.11 bits per heavy atom. The lowest BCUT2D eigenvalue weighted by molar-refractivity contribution is -0.132. The van der Waals surface area contributed by atoms with E-state index in [1.165, 1.54) is 19.1 Å². The SMILES string of the molecule is COC(=O)c1sc(N2C(=O)C(=O)C(=C(O)c3ccc4c(c3)OCCO4)C2c2cccc(OC)c2)nc1C. The molecule has 1 atom stereocenters. The summed E-state index contributed by atoms with van der Waals surface area (Å²) in [6, 6.07) is 10.6. The molecule has 3 heterocycles. The Morgan fingerprint density at radius 3 is 2.59 bits per heavy atom. The number of carbonyl (C=O) groups is 3. The molecule has 2 aromatic carbocycles. The third-order valence-electron chi connectivity index (χ3n) is 6.03. The number of hydrogen-bond acceptors (Lipinski definition) is 10. The molecular weight excluding hydrogens is 500 g/mol. The number of esters is 1. The number of carbonyl (C=O) groups excluding carboxylic acids is 3. The first kappa shape index (κ1) is 24.3. The van der Waals surface area contributed by atoms with Crippen LogP contribution in [0.15, 0.2) is 48.0 Å². The molecule has 10 nitrogen and oxygen atoms in total. The van der Waals surface area contributed by atoms with Crippen molar-refractivity contribution in [2.24, 2.45) is 0 Å². The van der Waals surface area contributed by atoms with Gasteiger partial charge in [0.05, 0.1) is 31.5 Å². The molecule has 1 fully saturated rings. The van der Waals surface area contributed by atoms with Crippen molar-refractivity contribution in [1.82, 2.24) is 4.98 Å². The molecule has 1 aromatic heterocycles. The van der Waals surface area contributed by atoms with Gasteiger partial charge < -0.3 is 24.1 Å². The number of methoxy groups -OCH3 is 2. The van der Waals surface area contributed by atoms with Crippen molar-refractivity contribution < 1.29 is 38.4 Å². The first-order valence-corrected chi connectivity index (χ1v) is 12.1. The summed E-state index contributed by atoms with van der Waals surface area (Å²) in [5.41, 5.74) is 0.998. The van der Waals surface area contributed by atoms with Crippen LogP contribution in [0.25, 0.3) is 5.76 Å². The van der Waals surface area contributed by atoms with Crippen LogP contribution in [0.2, 0.25) is 0 Å². The van der Waals surface area contributed by atoms with Crippen molar-refractivity contribution in [3.63, 3.8) is 0 Å². The predicted octanol–water partition coefficient (Wildman–Crippen LogP) is 3.64. The number of aliphatic hydroxyl groups excluding tert-OH is 1. The molecule has 2 aliphatic heterocycles. The zero-order valence-electron chi connectivity index (χ0n) is 20.1. The minimum atomic E-state index is -1.04. The summed E-state index contributed by atoms with van der Waals surface area (Å²) < 4.78 is 21.3. The number of anilines is 1. The van der Waals surface area contributed by atoms with Gasteiger partial charge in [-0.25, -0.2) is 9.78 Å². The third-order valence-corrected chi connectivity index (χ3v) is 7.17. The highest BCUT2D eigenvalue weighted by atomic mass is 32.1. The van der Waals surface area contributed by atoms with Crippen LogP contribution >= 0.6 is 11.3 Å². The lowest BCUT2D eigenvalue weighted by Gasteiger charge is -2.23. The Labute approximate surface area is 215 Å². The summed E-state index contributed by atoms with van der Waals surface area (Å²) in [5, 5.41) is 11.5. The maximum Gasteiger partial charge on any atom is 0.350 e. The maximum absolute atomic E-state index is 13.4. The largest absolute Gasteiger partial charge is 0.507 e. The summed E-state index contributed by atoms with van der Waals surface area (Å²) >= 11 is 0.927. The zero-order chi connectivity index (χ0) is 26.3. The molecule has 0 radical (unpaired) electrons. The van der Waals surface area contributed by atoms with Crippen LogP contribution in [0.1, 0.15) is 32.5 Å². The number of hydrogen-bond donors (Lipinski definition) is 1. The van der Waals surface area contributed by atoms with Gasteiger partial charge in [-0.15, -0.1) is 0 Å². The number of benzene rings is 2. The monoisotopic (exact) mass is 522 g/mol. The van der Waals surface area contributed by atoms with E-state index in [-0.39, 0.29) is 26.9 Å². The molecule has 1 unspecified atom stereocenters. The van der Waals surface area contributed by atoms with Crippen LogP contribution in [-0.4, -0.2) is 55.2 Å². The highest BCUT2D eigenvalue weighted by Crippen LogP contribution is 2.45. The highest BCUT2D eigenvalue weighted by molar-refractivity contribution is 7.17. The molecule has 11 heteroatoms. The molecule has 190 valence electrons. The minimum absolute atomic E-state index is 0.119. The number of amides is 1. The van der Waals surface area contributed by atoms with E-state index in [1.807, 2.05) is 0 Å². The van der Waals surface area contributed by atoms with Crippen LogP contribution in [0.5, 0.6) is 17.2 Å². The predicted molar refractivity (Wildman–Crippen MR) is 133 cm³/mol. The van der Waals surface area contributed by atoms with Gasteiger partial charge in [-0.2, -0.15) is 0 Å². The number of aryl methyl sites for hydroxylation is 1. The second-order valence-corrected chi connectivity index (χ2v) is 9.18. The molecule has 0 spiro atoms. The Hall–Kier alpha value is -4.38. The molecule has 1 saturated heterocycles.